The van der Waals surface area contributed by atoms with E-state index in [1.165, 1.54) is 4.90 Å². The van der Waals surface area contributed by atoms with Gasteiger partial charge in [-0.3, -0.25) is 4.79 Å². The highest BCUT2D eigenvalue weighted by atomic mass is 16.4. The summed E-state index contributed by atoms with van der Waals surface area (Å²) in [6.45, 7) is 6.64. The molecule has 4 heteroatoms. The van der Waals surface area contributed by atoms with E-state index in [-0.39, 0.29) is 23.0 Å². The van der Waals surface area contributed by atoms with Crippen molar-refractivity contribution in [2.45, 2.75) is 33.7 Å². The molecule has 1 N–H and O–H groups in total. The van der Waals surface area contributed by atoms with Crippen molar-refractivity contribution < 1.29 is 14.7 Å². The topological polar surface area (TPSA) is 57.6 Å². The lowest BCUT2D eigenvalue weighted by atomic mass is 9.53. The Hall–Kier alpha value is -1.84. The Kier molecular flexibility index (Phi) is 4.35. The van der Waals surface area contributed by atoms with E-state index in [0.29, 0.717) is 13.1 Å². The van der Waals surface area contributed by atoms with Gasteiger partial charge >= 0.3 is 6.09 Å². The molecule has 1 fully saturated rings. The number of nitrogens with zero attached hydrogens (tertiary/aromatic N) is 1. The predicted octanol–water partition coefficient (Wildman–Crippen LogP) is 3.42. The van der Waals surface area contributed by atoms with Crippen LogP contribution in [-0.2, 0) is 11.3 Å². The summed E-state index contributed by atoms with van der Waals surface area (Å²) < 4.78 is 0. The van der Waals surface area contributed by atoms with Crippen LogP contribution in [0.2, 0.25) is 0 Å². The number of hydrogen-bond acceptors (Lipinski definition) is 2. The van der Waals surface area contributed by atoms with Gasteiger partial charge in [0.05, 0.1) is 0 Å². The highest BCUT2D eigenvalue weighted by Gasteiger charge is 2.50. The molecule has 21 heavy (non-hydrogen) atoms. The molecule has 0 bridgehead atoms. The Bertz CT molecular complexity index is 524. The van der Waals surface area contributed by atoms with Crippen LogP contribution in [0.1, 0.15) is 32.8 Å². The smallest absolute Gasteiger partial charge is 0.407 e. The maximum absolute atomic E-state index is 11.6. The van der Waals surface area contributed by atoms with Crippen LogP contribution >= 0.6 is 0 Å². The van der Waals surface area contributed by atoms with Gasteiger partial charge in [0, 0.05) is 19.0 Å². The standard InChI is InChI=1S/C17H23NO3/c1-12(19)15-9-14(17(15,2)3)11-18(16(20)21)10-13-7-5-4-6-8-13/h4-8,14-15H,9-11H2,1-3H3,(H,20,21)/t14-,15+/m1/s1. The van der Waals surface area contributed by atoms with Gasteiger partial charge in [-0.2, -0.15) is 0 Å². The summed E-state index contributed by atoms with van der Waals surface area (Å²) in [6, 6.07) is 9.60. The first-order valence-electron chi connectivity index (χ1n) is 7.34. The second kappa shape index (κ2) is 5.88. The van der Waals surface area contributed by atoms with Crippen molar-refractivity contribution in [3.05, 3.63) is 35.9 Å². The highest BCUT2D eigenvalue weighted by Crippen LogP contribution is 2.51. The monoisotopic (exact) mass is 289 g/mol. The van der Waals surface area contributed by atoms with Crippen LogP contribution in [0.5, 0.6) is 0 Å². The molecular weight excluding hydrogens is 266 g/mol. The molecule has 1 aliphatic carbocycles. The SMILES string of the molecule is CC(=O)[C@@H]1C[C@H](CN(Cc2ccccc2)C(=O)O)C1(C)C. The molecule has 0 heterocycles. The molecule has 0 saturated heterocycles. The number of carbonyl (C=O) groups excluding carboxylic acids is 1. The number of amides is 1. The minimum absolute atomic E-state index is 0.0647. The minimum atomic E-state index is -0.902. The lowest BCUT2D eigenvalue weighted by Gasteiger charge is -2.52. The Morgan fingerprint density at radius 1 is 1.29 bits per heavy atom. The Balaban J connectivity index is 2.02. The molecule has 1 aromatic carbocycles. The summed E-state index contributed by atoms with van der Waals surface area (Å²) in [4.78, 5) is 24.5. The number of carboxylic acid groups (broad SMARTS) is 1. The lowest BCUT2D eigenvalue weighted by molar-refractivity contribution is -0.137. The first kappa shape index (κ1) is 15.5. The zero-order valence-corrected chi connectivity index (χ0v) is 12.9. The summed E-state index contributed by atoms with van der Waals surface area (Å²) in [6.07, 6.45) is -0.109. The Labute approximate surface area is 125 Å². The number of benzene rings is 1. The lowest BCUT2D eigenvalue weighted by Crippen LogP contribution is -2.53. The van der Waals surface area contributed by atoms with Gasteiger partial charge in [0.1, 0.15) is 5.78 Å². The van der Waals surface area contributed by atoms with Gasteiger partial charge in [-0.05, 0) is 30.2 Å². The molecule has 0 spiro atoms. The average molecular weight is 289 g/mol. The number of rotatable bonds is 5. The van der Waals surface area contributed by atoms with E-state index in [9.17, 15) is 14.7 Å². The second-order valence-corrected chi connectivity index (χ2v) is 6.57. The molecule has 4 nitrogen and oxygen atoms in total. The Morgan fingerprint density at radius 3 is 2.38 bits per heavy atom. The fraction of sp³-hybridized carbons (Fsp3) is 0.529. The molecule has 0 aromatic heterocycles. The van der Waals surface area contributed by atoms with Gasteiger partial charge in [0.25, 0.3) is 0 Å². The summed E-state index contributed by atoms with van der Waals surface area (Å²) in [5.74, 6) is 0.516. The predicted molar refractivity (Wildman–Crippen MR) is 80.9 cm³/mol. The molecule has 1 aliphatic rings. The number of carbonyl (C=O) groups is 2. The third kappa shape index (κ3) is 3.26. The maximum atomic E-state index is 11.6. The van der Waals surface area contributed by atoms with Crippen LogP contribution in [0.4, 0.5) is 4.79 Å². The van der Waals surface area contributed by atoms with E-state index in [1.807, 2.05) is 30.3 Å². The number of Topliss-reactive ketones (excluding diaryl/α,β-unsaturated/α-hetero) is 1. The van der Waals surface area contributed by atoms with Gasteiger partial charge < -0.3 is 10.0 Å². The zero-order chi connectivity index (χ0) is 15.6. The van der Waals surface area contributed by atoms with Crippen LogP contribution in [0.3, 0.4) is 0 Å². The van der Waals surface area contributed by atoms with Crippen LogP contribution in [-0.4, -0.2) is 28.4 Å². The van der Waals surface area contributed by atoms with E-state index in [2.05, 4.69) is 13.8 Å². The molecule has 1 saturated carbocycles. The van der Waals surface area contributed by atoms with E-state index < -0.39 is 6.09 Å². The van der Waals surface area contributed by atoms with Gasteiger partial charge in [0.2, 0.25) is 0 Å². The van der Waals surface area contributed by atoms with Crippen molar-refractivity contribution in [3.63, 3.8) is 0 Å². The van der Waals surface area contributed by atoms with Gasteiger partial charge in [-0.25, -0.2) is 4.79 Å². The van der Waals surface area contributed by atoms with Crippen molar-refractivity contribution in [1.29, 1.82) is 0 Å². The van der Waals surface area contributed by atoms with E-state index in [4.69, 9.17) is 0 Å². The normalized spacial score (nSPS) is 23.2. The fourth-order valence-corrected chi connectivity index (χ4v) is 3.30. The van der Waals surface area contributed by atoms with Crippen molar-refractivity contribution in [2.24, 2.45) is 17.3 Å². The molecular formula is C17H23NO3. The quantitative estimate of drug-likeness (QED) is 0.903. The van der Waals surface area contributed by atoms with Gasteiger partial charge in [-0.15, -0.1) is 0 Å². The van der Waals surface area contributed by atoms with E-state index in [0.717, 1.165) is 12.0 Å². The number of ketones is 1. The minimum Gasteiger partial charge on any atom is -0.465 e. The van der Waals surface area contributed by atoms with Crippen molar-refractivity contribution in [3.8, 4) is 0 Å². The highest BCUT2D eigenvalue weighted by molar-refractivity contribution is 5.80. The van der Waals surface area contributed by atoms with Gasteiger partial charge in [0.15, 0.2) is 0 Å². The summed E-state index contributed by atoms with van der Waals surface area (Å²) in [7, 11) is 0. The largest absolute Gasteiger partial charge is 0.465 e. The molecule has 0 radical (unpaired) electrons. The average Bonchev–Trinajstić information content (AvgIpc) is 2.41. The molecule has 2 rings (SSSR count). The van der Waals surface area contributed by atoms with Crippen LogP contribution < -0.4 is 0 Å². The van der Waals surface area contributed by atoms with Crippen molar-refractivity contribution >= 4 is 11.9 Å². The summed E-state index contributed by atoms with van der Waals surface area (Å²) in [5.41, 5.74) is 0.871. The Morgan fingerprint density at radius 2 is 1.90 bits per heavy atom. The molecule has 1 amide bonds. The number of hydrogen-bond donors (Lipinski definition) is 1. The van der Waals surface area contributed by atoms with Crippen molar-refractivity contribution in [2.75, 3.05) is 6.54 Å². The second-order valence-electron chi connectivity index (χ2n) is 6.57. The van der Waals surface area contributed by atoms with Crippen LogP contribution in [0, 0.1) is 17.3 Å². The zero-order valence-electron chi connectivity index (χ0n) is 12.9. The van der Waals surface area contributed by atoms with E-state index >= 15 is 0 Å². The van der Waals surface area contributed by atoms with Gasteiger partial charge in [-0.1, -0.05) is 44.2 Å². The first-order valence-corrected chi connectivity index (χ1v) is 7.34. The third-order valence-electron chi connectivity index (χ3n) is 4.89. The molecule has 2 atom stereocenters. The maximum Gasteiger partial charge on any atom is 0.407 e. The molecule has 1 aromatic rings. The molecule has 0 aliphatic heterocycles. The molecule has 0 unspecified atom stereocenters. The fourth-order valence-electron chi connectivity index (χ4n) is 3.30. The van der Waals surface area contributed by atoms with Crippen LogP contribution in [0.15, 0.2) is 30.3 Å². The molecule has 114 valence electrons. The van der Waals surface area contributed by atoms with Crippen LogP contribution in [0.25, 0.3) is 0 Å². The van der Waals surface area contributed by atoms with E-state index in [1.54, 1.807) is 6.92 Å². The third-order valence-corrected chi connectivity index (χ3v) is 4.89. The van der Waals surface area contributed by atoms with Crippen molar-refractivity contribution in [1.82, 2.24) is 4.90 Å². The summed E-state index contributed by atoms with van der Waals surface area (Å²) in [5, 5.41) is 9.41. The first-order chi connectivity index (χ1) is 9.82. The summed E-state index contributed by atoms with van der Waals surface area (Å²) >= 11 is 0.